The van der Waals surface area contributed by atoms with E-state index in [2.05, 4.69) is 13.8 Å². The van der Waals surface area contributed by atoms with Crippen molar-refractivity contribution in [1.82, 2.24) is 0 Å². The van der Waals surface area contributed by atoms with Gasteiger partial charge in [-0.1, -0.05) is 13.8 Å². The summed E-state index contributed by atoms with van der Waals surface area (Å²) in [6.45, 7) is 10.1. The minimum atomic E-state index is -1.98. The van der Waals surface area contributed by atoms with Gasteiger partial charge in [-0.2, -0.15) is 0 Å². The number of nitrogens with zero attached hydrogens (tertiary/aromatic N) is 1. The third-order valence-corrected chi connectivity index (χ3v) is 4.49. The van der Waals surface area contributed by atoms with E-state index >= 15 is 0 Å². The molecule has 1 aromatic rings. The molecule has 0 aliphatic carbocycles. The molecule has 1 aromatic heterocycles. The van der Waals surface area contributed by atoms with Crippen LogP contribution in [0.15, 0.2) is 12.1 Å². The summed E-state index contributed by atoms with van der Waals surface area (Å²) in [5.41, 5.74) is -0.362. The predicted molar refractivity (Wildman–Crippen MR) is 75.9 cm³/mol. The standard InChI is InChI=1S/C12H21NO2S2/c1-9(2)8-10-6-7-11(16-10)13(17(14)15)12(3,4)5/h6-7,9H,8H2,1-5H3,(H,14,15). The van der Waals surface area contributed by atoms with Crippen LogP contribution in [0, 0.1) is 5.92 Å². The quantitative estimate of drug-likeness (QED) is 0.851. The zero-order chi connectivity index (χ0) is 13.2. The molecule has 0 aromatic carbocycles. The molecule has 0 bridgehead atoms. The molecule has 0 saturated heterocycles. The molecule has 17 heavy (non-hydrogen) atoms. The van der Waals surface area contributed by atoms with E-state index in [1.807, 2.05) is 32.9 Å². The van der Waals surface area contributed by atoms with Crippen molar-refractivity contribution in [3.8, 4) is 0 Å². The van der Waals surface area contributed by atoms with E-state index in [0.717, 1.165) is 11.4 Å². The van der Waals surface area contributed by atoms with Gasteiger partial charge in [-0.3, -0.25) is 8.86 Å². The first-order valence-electron chi connectivity index (χ1n) is 5.71. The lowest BCUT2D eigenvalue weighted by Gasteiger charge is -2.32. The van der Waals surface area contributed by atoms with Crippen LogP contribution in [0.2, 0.25) is 0 Å². The maximum absolute atomic E-state index is 11.4. The summed E-state index contributed by atoms with van der Waals surface area (Å²) in [5, 5.41) is 0.856. The van der Waals surface area contributed by atoms with Gasteiger partial charge in [0.2, 0.25) is 0 Å². The van der Waals surface area contributed by atoms with Crippen LogP contribution in [-0.4, -0.2) is 14.3 Å². The molecule has 0 radical (unpaired) electrons. The summed E-state index contributed by atoms with van der Waals surface area (Å²) in [6, 6.07) is 3.98. The van der Waals surface area contributed by atoms with Crippen molar-refractivity contribution in [1.29, 1.82) is 0 Å². The van der Waals surface area contributed by atoms with Crippen LogP contribution in [0.3, 0.4) is 0 Å². The Hall–Kier alpha value is -0.390. The summed E-state index contributed by atoms with van der Waals surface area (Å²) >= 11 is -0.382. The molecule has 1 heterocycles. The third kappa shape index (κ3) is 4.08. The third-order valence-electron chi connectivity index (χ3n) is 2.22. The van der Waals surface area contributed by atoms with Gasteiger partial charge in [0.25, 0.3) is 11.3 Å². The molecule has 0 aliphatic heterocycles. The first-order chi connectivity index (χ1) is 7.71. The van der Waals surface area contributed by atoms with E-state index in [9.17, 15) is 8.76 Å². The average molecular weight is 275 g/mol. The lowest BCUT2D eigenvalue weighted by Crippen LogP contribution is -2.42. The summed E-state index contributed by atoms with van der Waals surface area (Å²) in [5.74, 6) is 0.601. The van der Waals surface area contributed by atoms with Crippen LogP contribution in [0.25, 0.3) is 0 Å². The van der Waals surface area contributed by atoms with Crippen molar-refractivity contribution in [3.63, 3.8) is 0 Å². The van der Waals surface area contributed by atoms with E-state index in [0.29, 0.717) is 5.92 Å². The molecule has 0 spiro atoms. The van der Waals surface area contributed by atoms with Gasteiger partial charge in [-0.15, -0.1) is 11.3 Å². The Bertz CT molecular complexity index is 393. The van der Waals surface area contributed by atoms with E-state index < -0.39 is 11.3 Å². The molecular weight excluding hydrogens is 254 g/mol. The van der Waals surface area contributed by atoms with Crippen molar-refractivity contribution >= 4 is 27.6 Å². The summed E-state index contributed by atoms with van der Waals surface area (Å²) in [6.07, 6.45) is 1.01. The molecule has 0 fully saturated rings. The fourth-order valence-corrected chi connectivity index (χ4v) is 3.93. The molecular formula is C12H21NO2S2. The van der Waals surface area contributed by atoms with Gasteiger partial charge >= 0.3 is 0 Å². The van der Waals surface area contributed by atoms with E-state index in [-0.39, 0.29) is 5.54 Å². The Labute approximate surface area is 110 Å². The highest BCUT2D eigenvalue weighted by molar-refractivity contribution is 7.81. The first kappa shape index (κ1) is 14.7. The summed E-state index contributed by atoms with van der Waals surface area (Å²) in [7, 11) is 0. The summed E-state index contributed by atoms with van der Waals surface area (Å²) < 4.78 is 22.4. The van der Waals surface area contributed by atoms with Gasteiger partial charge < -0.3 is 0 Å². The molecule has 1 atom stereocenters. The molecule has 1 rings (SSSR count). The van der Waals surface area contributed by atoms with Crippen LogP contribution in [0.4, 0.5) is 5.00 Å². The van der Waals surface area contributed by atoms with Crippen molar-refractivity contribution in [3.05, 3.63) is 17.0 Å². The Morgan fingerprint density at radius 3 is 2.41 bits per heavy atom. The van der Waals surface area contributed by atoms with Gasteiger partial charge in [0, 0.05) is 10.4 Å². The number of anilines is 1. The monoisotopic (exact) mass is 275 g/mol. The van der Waals surface area contributed by atoms with Crippen LogP contribution >= 0.6 is 11.3 Å². The number of hydrogen-bond donors (Lipinski definition) is 1. The van der Waals surface area contributed by atoms with Crippen LogP contribution < -0.4 is 4.31 Å². The van der Waals surface area contributed by atoms with Crippen LogP contribution in [0.5, 0.6) is 0 Å². The highest BCUT2D eigenvalue weighted by atomic mass is 32.2. The van der Waals surface area contributed by atoms with Gasteiger partial charge in [0.15, 0.2) is 0 Å². The lowest BCUT2D eigenvalue weighted by molar-refractivity contribution is 0.516. The maximum atomic E-state index is 11.4. The van der Waals surface area contributed by atoms with Gasteiger partial charge in [-0.25, -0.2) is 4.21 Å². The molecule has 1 N–H and O–H groups in total. The SMILES string of the molecule is CC(C)Cc1ccc(N(S(=O)O)C(C)(C)C)s1. The minimum absolute atomic E-state index is 0.362. The zero-order valence-corrected chi connectivity index (χ0v) is 12.7. The average Bonchev–Trinajstić information content (AvgIpc) is 2.47. The van der Waals surface area contributed by atoms with Gasteiger partial charge in [0.1, 0.15) is 5.00 Å². The molecule has 0 aliphatic rings. The molecule has 98 valence electrons. The van der Waals surface area contributed by atoms with Crippen LogP contribution in [-0.2, 0) is 17.7 Å². The second-order valence-corrected chi connectivity index (χ2v) is 7.51. The van der Waals surface area contributed by atoms with Crippen molar-refractivity contribution in [2.45, 2.75) is 46.6 Å². The maximum Gasteiger partial charge on any atom is 0.262 e. The van der Waals surface area contributed by atoms with Crippen molar-refractivity contribution in [2.75, 3.05) is 4.31 Å². The largest absolute Gasteiger partial charge is 0.289 e. The second-order valence-electron chi connectivity index (χ2n) is 5.53. The smallest absolute Gasteiger partial charge is 0.262 e. The number of rotatable bonds is 4. The van der Waals surface area contributed by atoms with E-state index in [1.54, 1.807) is 15.6 Å². The number of thiophene rings is 1. The highest BCUT2D eigenvalue weighted by Crippen LogP contribution is 2.33. The molecule has 5 heteroatoms. The van der Waals surface area contributed by atoms with Crippen LogP contribution in [0.1, 0.15) is 39.5 Å². The molecule has 0 saturated carbocycles. The molecule has 3 nitrogen and oxygen atoms in total. The number of hydrogen-bond acceptors (Lipinski definition) is 2. The minimum Gasteiger partial charge on any atom is -0.289 e. The zero-order valence-electron chi connectivity index (χ0n) is 11.1. The highest BCUT2D eigenvalue weighted by Gasteiger charge is 2.27. The topological polar surface area (TPSA) is 40.5 Å². The van der Waals surface area contributed by atoms with Crippen molar-refractivity contribution in [2.24, 2.45) is 5.92 Å². The summed E-state index contributed by atoms with van der Waals surface area (Å²) in [4.78, 5) is 1.26. The van der Waals surface area contributed by atoms with Gasteiger partial charge in [0.05, 0.1) is 0 Å². The second kappa shape index (κ2) is 5.50. The Morgan fingerprint density at radius 2 is 2.00 bits per heavy atom. The molecule has 0 amide bonds. The first-order valence-corrected chi connectivity index (χ1v) is 7.59. The fourth-order valence-electron chi connectivity index (χ4n) is 1.63. The van der Waals surface area contributed by atoms with Gasteiger partial charge in [-0.05, 0) is 45.2 Å². The normalized spacial score (nSPS) is 14.1. The lowest BCUT2D eigenvalue weighted by atomic mass is 10.1. The Balaban J connectivity index is 2.97. The van der Waals surface area contributed by atoms with E-state index in [4.69, 9.17) is 0 Å². The Kier molecular flexibility index (Phi) is 4.75. The molecule has 1 unspecified atom stereocenters. The Morgan fingerprint density at radius 1 is 1.41 bits per heavy atom. The van der Waals surface area contributed by atoms with E-state index in [1.165, 1.54) is 4.88 Å². The fraction of sp³-hybridized carbons (Fsp3) is 0.667. The van der Waals surface area contributed by atoms with Crippen molar-refractivity contribution < 1.29 is 8.76 Å². The predicted octanol–water partition coefficient (Wildman–Crippen LogP) is 3.69.